The van der Waals surface area contributed by atoms with Gasteiger partial charge in [0.2, 0.25) is 5.91 Å². The van der Waals surface area contributed by atoms with Crippen LogP contribution in [0.15, 0.2) is 18.2 Å². The van der Waals surface area contributed by atoms with Crippen molar-refractivity contribution in [1.82, 2.24) is 4.90 Å². The number of anilines is 2. The van der Waals surface area contributed by atoms with Gasteiger partial charge in [0.05, 0.1) is 11.4 Å². The van der Waals surface area contributed by atoms with Gasteiger partial charge in [-0.25, -0.2) is 0 Å². The van der Waals surface area contributed by atoms with Gasteiger partial charge >= 0.3 is 0 Å². The number of benzene rings is 1. The van der Waals surface area contributed by atoms with Crippen LogP contribution >= 0.6 is 0 Å². The number of likely N-dealkylation sites (tertiary alicyclic amines) is 1. The summed E-state index contributed by atoms with van der Waals surface area (Å²) in [6.45, 7) is 2.61. The van der Waals surface area contributed by atoms with E-state index in [2.05, 4.69) is 10.2 Å². The number of amides is 2. The fraction of sp³-hybridized carbons (Fsp3) is 0.529. The number of hydrogen-bond donors (Lipinski definition) is 1. The Morgan fingerprint density at radius 2 is 1.91 bits per heavy atom. The Bertz CT molecular complexity index is 622. The van der Waals surface area contributed by atoms with Crippen molar-refractivity contribution in [3.63, 3.8) is 0 Å². The SMILES string of the molecule is O=C1Nc2cc(C(=O)N3CCCCC3)ccc2N2CCC[C@@H]12. The van der Waals surface area contributed by atoms with E-state index in [1.165, 1.54) is 6.42 Å². The molecule has 22 heavy (non-hydrogen) atoms. The Morgan fingerprint density at radius 1 is 1.09 bits per heavy atom. The van der Waals surface area contributed by atoms with Gasteiger partial charge in [0.25, 0.3) is 5.91 Å². The van der Waals surface area contributed by atoms with E-state index >= 15 is 0 Å². The quantitative estimate of drug-likeness (QED) is 0.865. The molecule has 1 aromatic carbocycles. The predicted octanol–water partition coefficient (Wildman–Crippen LogP) is 2.23. The lowest BCUT2D eigenvalue weighted by Gasteiger charge is -2.33. The van der Waals surface area contributed by atoms with E-state index in [4.69, 9.17) is 0 Å². The molecule has 5 heteroatoms. The highest BCUT2D eigenvalue weighted by Crippen LogP contribution is 2.37. The molecule has 3 aliphatic rings. The van der Waals surface area contributed by atoms with Crippen LogP contribution in [0.3, 0.4) is 0 Å². The largest absolute Gasteiger partial charge is 0.358 e. The van der Waals surface area contributed by atoms with Gasteiger partial charge in [0, 0.05) is 25.2 Å². The van der Waals surface area contributed by atoms with Gasteiger partial charge in [-0.2, -0.15) is 0 Å². The van der Waals surface area contributed by atoms with Crippen molar-refractivity contribution < 1.29 is 9.59 Å². The molecule has 0 radical (unpaired) electrons. The molecule has 116 valence electrons. The van der Waals surface area contributed by atoms with Gasteiger partial charge in [-0.3, -0.25) is 9.59 Å². The summed E-state index contributed by atoms with van der Waals surface area (Å²) in [6, 6.07) is 5.71. The second-order valence-electron chi connectivity index (χ2n) is 6.43. The van der Waals surface area contributed by atoms with Gasteiger partial charge in [-0.1, -0.05) is 0 Å². The summed E-state index contributed by atoms with van der Waals surface area (Å²) in [5.41, 5.74) is 2.52. The van der Waals surface area contributed by atoms with Crippen LogP contribution in [0.5, 0.6) is 0 Å². The highest BCUT2D eigenvalue weighted by molar-refractivity contribution is 6.06. The van der Waals surface area contributed by atoms with Gasteiger partial charge < -0.3 is 15.1 Å². The van der Waals surface area contributed by atoms with Crippen molar-refractivity contribution >= 4 is 23.2 Å². The van der Waals surface area contributed by atoms with Crippen LogP contribution in [0.2, 0.25) is 0 Å². The smallest absolute Gasteiger partial charge is 0.253 e. The standard InChI is InChI=1S/C17H21N3O2/c21-16-15-5-4-10-20(15)14-7-6-12(11-13(14)18-16)17(22)19-8-2-1-3-9-19/h6-7,11,15H,1-5,8-10H2,(H,18,21)/t15-/m0/s1. The van der Waals surface area contributed by atoms with Crippen LogP contribution in [0.1, 0.15) is 42.5 Å². The van der Waals surface area contributed by atoms with Crippen LogP contribution in [0, 0.1) is 0 Å². The Morgan fingerprint density at radius 3 is 2.73 bits per heavy atom. The lowest BCUT2D eigenvalue weighted by Crippen LogP contribution is -2.44. The monoisotopic (exact) mass is 299 g/mol. The van der Waals surface area contributed by atoms with Crippen LogP contribution in [-0.4, -0.2) is 42.4 Å². The average Bonchev–Trinajstić information content (AvgIpc) is 3.05. The third-order valence-corrected chi connectivity index (χ3v) is 5.01. The summed E-state index contributed by atoms with van der Waals surface area (Å²) in [4.78, 5) is 28.9. The first-order valence-electron chi connectivity index (χ1n) is 8.25. The molecular weight excluding hydrogens is 278 g/mol. The number of nitrogens with zero attached hydrogens (tertiary/aromatic N) is 2. The molecular formula is C17H21N3O2. The predicted molar refractivity (Wildman–Crippen MR) is 85.2 cm³/mol. The van der Waals surface area contributed by atoms with Crippen molar-refractivity contribution in [1.29, 1.82) is 0 Å². The van der Waals surface area contributed by atoms with Gasteiger partial charge in [-0.15, -0.1) is 0 Å². The van der Waals surface area contributed by atoms with Gasteiger partial charge in [-0.05, 0) is 50.3 Å². The van der Waals surface area contributed by atoms with Crippen molar-refractivity contribution in [2.45, 2.75) is 38.1 Å². The molecule has 2 amide bonds. The van der Waals surface area contributed by atoms with E-state index in [9.17, 15) is 9.59 Å². The van der Waals surface area contributed by atoms with Crippen LogP contribution < -0.4 is 10.2 Å². The van der Waals surface area contributed by atoms with Crippen molar-refractivity contribution in [3.05, 3.63) is 23.8 Å². The molecule has 3 aliphatic heterocycles. The third kappa shape index (κ3) is 2.16. The Hall–Kier alpha value is -2.04. The summed E-state index contributed by atoms with van der Waals surface area (Å²) in [5, 5.41) is 2.98. The second-order valence-corrected chi connectivity index (χ2v) is 6.43. The number of rotatable bonds is 1. The molecule has 0 saturated carbocycles. The highest BCUT2D eigenvalue weighted by atomic mass is 16.2. The summed E-state index contributed by atoms with van der Waals surface area (Å²) in [6.07, 6.45) is 5.35. The minimum atomic E-state index is -0.0313. The molecule has 0 spiro atoms. The maximum Gasteiger partial charge on any atom is 0.253 e. The van der Waals surface area contributed by atoms with Gasteiger partial charge in [0.1, 0.15) is 6.04 Å². The molecule has 1 atom stereocenters. The first-order chi connectivity index (χ1) is 10.7. The van der Waals surface area contributed by atoms with E-state index in [0.29, 0.717) is 5.56 Å². The maximum absolute atomic E-state index is 12.6. The van der Waals surface area contributed by atoms with Crippen molar-refractivity contribution in [2.24, 2.45) is 0 Å². The first-order valence-corrected chi connectivity index (χ1v) is 8.25. The molecule has 0 aromatic heterocycles. The highest BCUT2D eigenvalue weighted by Gasteiger charge is 2.36. The molecule has 2 saturated heterocycles. The number of hydrogen-bond acceptors (Lipinski definition) is 3. The molecule has 0 unspecified atom stereocenters. The zero-order valence-electron chi connectivity index (χ0n) is 12.7. The molecule has 1 aromatic rings. The van der Waals surface area contributed by atoms with Crippen LogP contribution in [-0.2, 0) is 4.79 Å². The maximum atomic E-state index is 12.6. The second kappa shape index (κ2) is 5.30. The normalized spacial score (nSPS) is 23.8. The van der Waals surface area contributed by atoms with Gasteiger partial charge in [0.15, 0.2) is 0 Å². The first kappa shape index (κ1) is 13.6. The van der Waals surface area contributed by atoms with Crippen molar-refractivity contribution in [2.75, 3.05) is 29.9 Å². The Balaban J connectivity index is 1.63. The number of nitrogens with one attached hydrogen (secondary N) is 1. The zero-order valence-corrected chi connectivity index (χ0v) is 12.7. The Labute approximate surface area is 130 Å². The molecule has 3 heterocycles. The lowest BCUT2D eigenvalue weighted by atomic mass is 10.0. The van der Waals surface area contributed by atoms with Crippen LogP contribution in [0.4, 0.5) is 11.4 Å². The number of fused-ring (bicyclic) bond motifs is 3. The number of carbonyl (C=O) groups excluding carboxylic acids is 2. The fourth-order valence-electron chi connectivity index (χ4n) is 3.84. The topological polar surface area (TPSA) is 52.7 Å². The molecule has 1 N–H and O–H groups in total. The van der Waals surface area contributed by atoms with E-state index < -0.39 is 0 Å². The summed E-state index contributed by atoms with van der Waals surface area (Å²) in [5.74, 6) is 0.146. The van der Waals surface area contributed by atoms with E-state index in [-0.39, 0.29) is 17.9 Å². The molecule has 4 rings (SSSR count). The summed E-state index contributed by atoms with van der Waals surface area (Å²) < 4.78 is 0. The molecule has 0 bridgehead atoms. The van der Waals surface area contributed by atoms with E-state index in [1.54, 1.807) is 0 Å². The minimum Gasteiger partial charge on any atom is -0.358 e. The molecule has 0 aliphatic carbocycles. The number of carbonyl (C=O) groups is 2. The molecule has 2 fully saturated rings. The Kier molecular flexibility index (Phi) is 3.28. The van der Waals surface area contributed by atoms with E-state index in [1.807, 2.05) is 23.1 Å². The minimum absolute atomic E-state index is 0.0313. The molecule has 5 nitrogen and oxygen atoms in total. The summed E-state index contributed by atoms with van der Waals surface area (Å²) >= 11 is 0. The zero-order chi connectivity index (χ0) is 15.1. The number of piperidine rings is 1. The third-order valence-electron chi connectivity index (χ3n) is 5.01. The fourth-order valence-corrected chi connectivity index (χ4v) is 3.84. The van der Waals surface area contributed by atoms with E-state index in [0.717, 1.165) is 56.7 Å². The lowest BCUT2D eigenvalue weighted by molar-refractivity contribution is -0.117. The summed E-state index contributed by atoms with van der Waals surface area (Å²) in [7, 11) is 0. The van der Waals surface area contributed by atoms with Crippen molar-refractivity contribution in [3.8, 4) is 0 Å². The average molecular weight is 299 g/mol. The van der Waals surface area contributed by atoms with Crippen LogP contribution in [0.25, 0.3) is 0 Å².